The van der Waals surface area contributed by atoms with E-state index in [-0.39, 0.29) is 46.7 Å². The van der Waals surface area contributed by atoms with Gasteiger partial charge in [0.05, 0.1) is 18.2 Å². The van der Waals surface area contributed by atoms with Gasteiger partial charge in [-0.2, -0.15) is 0 Å². The van der Waals surface area contributed by atoms with Gasteiger partial charge < -0.3 is 41.6 Å². The number of carbonyl (C=O) groups is 5. The molecule has 0 radical (unpaired) electrons. The molecule has 3 amide bonds. The van der Waals surface area contributed by atoms with Crippen molar-refractivity contribution in [2.75, 3.05) is 26.7 Å². The molecule has 0 aliphatic carbocycles. The van der Waals surface area contributed by atoms with E-state index >= 15 is 0 Å². The van der Waals surface area contributed by atoms with Crippen molar-refractivity contribution < 1.29 is 38.6 Å². The molecule has 1 aromatic heterocycles. The molecular formula is C43H55N5O8S. The van der Waals surface area contributed by atoms with Crippen LogP contribution in [0.2, 0.25) is 0 Å². The Balaban J connectivity index is 0.000000454. The van der Waals surface area contributed by atoms with Gasteiger partial charge in [-0.25, -0.2) is 9.59 Å². The number of hydrogen-bond donors (Lipinski definition) is 5. The Kier molecular flexibility index (Phi) is 18.4. The highest BCUT2D eigenvalue weighted by Crippen LogP contribution is 2.19. The summed E-state index contributed by atoms with van der Waals surface area (Å²) in [5, 5.41) is 16.9. The molecule has 3 aromatic carbocycles. The van der Waals surface area contributed by atoms with Crippen LogP contribution in [0.15, 0.2) is 78.2 Å². The van der Waals surface area contributed by atoms with Crippen LogP contribution in [0.4, 0.5) is 0 Å². The maximum atomic E-state index is 13.5. The van der Waals surface area contributed by atoms with E-state index < -0.39 is 30.0 Å². The first-order valence-corrected chi connectivity index (χ1v) is 19.8. The lowest BCUT2D eigenvalue weighted by molar-refractivity contribution is 0.0238. The van der Waals surface area contributed by atoms with E-state index in [1.54, 1.807) is 36.3 Å². The maximum absolute atomic E-state index is 13.5. The zero-order valence-corrected chi connectivity index (χ0v) is 34.3. The van der Waals surface area contributed by atoms with E-state index in [2.05, 4.69) is 10.6 Å². The van der Waals surface area contributed by atoms with Gasteiger partial charge in [-0.1, -0.05) is 32.0 Å². The monoisotopic (exact) mass is 801 g/mol. The van der Waals surface area contributed by atoms with Crippen LogP contribution in [0.1, 0.15) is 108 Å². The first-order valence-electron chi connectivity index (χ1n) is 18.9. The number of rotatable bonds is 19. The number of esters is 1. The Morgan fingerprint density at radius 3 is 2.11 bits per heavy atom. The first kappa shape index (κ1) is 45.8. The number of amides is 3. The fourth-order valence-electron chi connectivity index (χ4n) is 5.85. The lowest BCUT2D eigenvalue weighted by Crippen LogP contribution is -2.45. The Morgan fingerprint density at radius 2 is 1.51 bits per heavy atom. The van der Waals surface area contributed by atoms with Crippen LogP contribution in [0.3, 0.4) is 0 Å². The Morgan fingerprint density at radius 1 is 0.860 bits per heavy atom. The second kappa shape index (κ2) is 22.9. The average Bonchev–Trinajstić information content (AvgIpc) is 3.69. The molecule has 0 fully saturated rings. The first-order chi connectivity index (χ1) is 27.1. The van der Waals surface area contributed by atoms with Gasteiger partial charge in [-0.15, -0.1) is 11.3 Å². The zero-order valence-electron chi connectivity index (χ0n) is 33.5. The van der Waals surface area contributed by atoms with Crippen molar-refractivity contribution in [3.63, 3.8) is 0 Å². The summed E-state index contributed by atoms with van der Waals surface area (Å²) in [7, 11) is 1.61. The minimum atomic E-state index is -1.03. The largest absolute Gasteiger partial charge is 0.497 e. The summed E-state index contributed by atoms with van der Waals surface area (Å²) >= 11 is 1.58. The fourth-order valence-corrected chi connectivity index (χ4v) is 6.63. The molecule has 57 heavy (non-hydrogen) atoms. The van der Waals surface area contributed by atoms with E-state index in [0.717, 1.165) is 34.6 Å². The average molecular weight is 802 g/mol. The third-order valence-electron chi connectivity index (χ3n) is 8.54. The van der Waals surface area contributed by atoms with Gasteiger partial charge in [-0.3, -0.25) is 14.4 Å². The standard InChI is InChI=1S/C31H40N4O5S.C12H15NO3/c1-4-11-35(12-5-2)30(37)23-15-22(29(33)36)16-24(17-23)31(38)40-28(27(32)18-26-10-7-13-41-26)20-34-19-21-8-6-9-25(14-21)39-3;1-7(2)13-11(14)9-4-8(3)5-10(6-9)12(15)16/h6-10,13-17,27-28,34H,4-5,11-12,18-20,32H2,1-3H3,(H2,33,36);4-7H,1-3H3,(H,13,14)(H,15,16)/t27-,28+;/m0./s1. The van der Waals surface area contributed by atoms with Crippen LogP contribution in [0, 0.1) is 6.92 Å². The van der Waals surface area contributed by atoms with Crippen molar-refractivity contribution in [3.8, 4) is 5.75 Å². The minimum Gasteiger partial charge on any atom is -0.497 e. The van der Waals surface area contributed by atoms with E-state index in [9.17, 15) is 24.0 Å². The van der Waals surface area contributed by atoms with Crippen molar-refractivity contribution in [1.29, 1.82) is 0 Å². The van der Waals surface area contributed by atoms with Gasteiger partial charge in [-0.05, 0) is 105 Å². The van der Waals surface area contributed by atoms with Gasteiger partial charge in [0, 0.05) is 66.3 Å². The van der Waals surface area contributed by atoms with Crippen molar-refractivity contribution in [2.24, 2.45) is 11.5 Å². The molecule has 7 N–H and O–H groups in total. The number of thiophene rings is 1. The van der Waals surface area contributed by atoms with Gasteiger partial charge in [0.25, 0.3) is 11.8 Å². The SMILES string of the molecule is CCCN(CCC)C(=O)c1cc(C(N)=O)cc(C(=O)O[C@H](CNCc2cccc(OC)c2)[C@@H](N)Cc2cccs2)c1.Cc1cc(C(=O)O)cc(C(=O)NC(C)C)c1. The Hall–Kier alpha value is -5.57. The summed E-state index contributed by atoms with van der Waals surface area (Å²) in [6, 6.07) is 20.0. The number of aromatic carboxylic acids is 1. The normalized spacial score (nSPS) is 11.8. The quantitative estimate of drug-likeness (QED) is 0.0718. The molecule has 0 aliphatic rings. The second-order valence-corrected chi connectivity index (χ2v) is 14.9. The molecule has 2 atom stereocenters. The number of ether oxygens (including phenoxy) is 2. The molecule has 0 saturated heterocycles. The molecule has 0 unspecified atom stereocenters. The smallest absolute Gasteiger partial charge is 0.338 e. The lowest BCUT2D eigenvalue weighted by Gasteiger charge is -2.25. The third kappa shape index (κ3) is 14.8. The highest BCUT2D eigenvalue weighted by Gasteiger charge is 2.26. The van der Waals surface area contributed by atoms with Crippen LogP contribution in [-0.4, -0.2) is 84.6 Å². The molecule has 14 heteroatoms. The van der Waals surface area contributed by atoms with Gasteiger partial charge >= 0.3 is 11.9 Å². The number of carboxylic acids is 1. The summed E-state index contributed by atoms with van der Waals surface area (Å²) in [6.45, 7) is 11.4. The predicted molar refractivity (Wildman–Crippen MR) is 222 cm³/mol. The number of nitrogens with one attached hydrogen (secondary N) is 2. The van der Waals surface area contributed by atoms with E-state index in [4.69, 9.17) is 26.0 Å². The van der Waals surface area contributed by atoms with E-state index in [1.165, 1.54) is 30.3 Å². The number of carboxylic acid groups (broad SMARTS) is 1. The summed E-state index contributed by atoms with van der Waals surface area (Å²) in [4.78, 5) is 64.1. The molecule has 0 aliphatic heterocycles. The van der Waals surface area contributed by atoms with Crippen molar-refractivity contribution in [2.45, 2.75) is 78.6 Å². The number of nitrogens with zero attached hydrogens (tertiary/aromatic N) is 1. The molecule has 0 saturated carbocycles. The third-order valence-corrected chi connectivity index (χ3v) is 9.44. The molecular weight excluding hydrogens is 747 g/mol. The van der Waals surface area contributed by atoms with Gasteiger partial charge in [0.15, 0.2) is 0 Å². The van der Waals surface area contributed by atoms with E-state index in [0.29, 0.717) is 31.6 Å². The summed E-state index contributed by atoms with van der Waals surface area (Å²) in [5.74, 6) is -2.22. The highest BCUT2D eigenvalue weighted by atomic mass is 32.1. The van der Waals surface area contributed by atoms with Crippen LogP contribution in [0.25, 0.3) is 0 Å². The molecule has 13 nitrogen and oxygen atoms in total. The zero-order chi connectivity index (χ0) is 42.1. The van der Waals surface area contributed by atoms with Crippen LogP contribution >= 0.6 is 11.3 Å². The molecule has 4 rings (SSSR count). The number of aryl methyl sites for hydroxylation is 1. The summed E-state index contributed by atoms with van der Waals surface area (Å²) in [5.41, 5.74) is 14.7. The number of benzene rings is 3. The maximum Gasteiger partial charge on any atom is 0.338 e. The molecule has 0 spiro atoms. The number of carbonyl (C=O) groups excluding carboxylic acids is 4. The van der Waals surface area contributed by atoms with Gasteiger partial charge in [0.1, 0.15) is 11.9 Å². The number of hydrogen-bond acceptors (Lipinski definition) is 10. The molecule has 4 aromatic rings. The summed E-state index contributed by atoms with van der Waals surface area (Å²) in [6.07, 6.45) is 1.39. The van der Waals surface area contributed by atoms with Crippen LogP contribution in [0.5, 0.6) is 5.75 Å². The van der Waals surface area contributed by atoms with E-state index in [1.807, 2.05) is 69.5 Å². The lowest BCUT2D eigenvalue weighted by atomic mass is 10.0. The number of nitrogens with two attached hydrogens (primary N) is 2. The molecule has 1 heterocycles. The highest BCUT2D eigenvalue weighted by molar-refractivity contribution is 7.09. The van der Waals surface area contributed by atoms with Crippen molar-refractivity contribution >= 4 is 41.0 Å². The molecule has 0 bridgehead atoms. The Labute approximate surface area is 338 Å². The number of primary amides is 1. The minimum absolute atomic E-state index is 0.0290. The summed E-state index contributed by atoms with van der Waals surface area (Å²) < 4.78 is 11.2. The topological polar surface area (TPSA) is 203 Å². The number of methoxy groups -OCH3 is 1. The Bertz CT molecular complexity index is 1960. The van der Waals surface area contributed by atoms with Crippen molar-refractivity contribution in [1.82, 2.24) is 15.5 Å². The molecule has 306 valence electrons. The second-order valence-electron chi connectivity index (χ2n) is 13.9. The van der Waals surface area contributed by atoms with Gasteiger partial charge in [0.2, 0.25) is 5.91 Å². The van der Waals surface area contributed by atoms with Crippen molar-refractivity contribution in [3.05, 3.63) is 122 Å². The predicted octanol–water partition coefficient (Wildman–Crippen LogP) is 5.83. The fraction of sp³-hybridized carbons (Fsp3) is 0.372. The van der Waals surface area contributed by atoms with Crippen LogP contribution in [-0.2, 0) is 17.7 Å². The van der Waals surface area contributed by atoms with Crippen LogP contribution < -0.4 is 26.8 Å².